The number of aromatic amines is 1. The summed E-state index contributed by atoms with van der Waals surface area (Å²) in [6, 6.07) is 6.45. The lowest BCUT2D eigenvalue weighted by molar-refractivity contribution is 0.337. The van der Waals surface area contributed by atoms with Crippen molar-refractivity contribution in [3.8, 4) is 5.75 Å². The number of ether oxygens (including phenoxy) is 1. The third kappa shape index (κ3) is 3.55. The summed E-state index contributed by atoms with van der Waals surface area (Å²) in [7, 11) is -3.65. The minimum atomic E-state index is -3.65. The summed E-state index contributed by atoms with van der Waals surface area (Å²) in [4.78, 5) is 0.185. The Balaban J connectivity index is 2.24. The molecule has 0 aliphatic rings. The van der Waals surface area contributed by atoms with Gasteiger partial charge in [-0.15, -0.1) is 0 Å². The number of rotatable bonds is 6. The molecule has 0 bridgehead atoms. The van der Waals surface area contributed by atoms with E-state index in [2.05, 4.69) is 14.9 Å². The van der Waals surface area contributed by atoms with Gasteiger partial charge in [-0.3, -0.25) is 9.82 Å². The van der Waals surface area contributed by atoms with Gasteiger partial charge in [0.2, 0.25) is 0 Å². The molecular weight excluding hydrogens is 290 g/mol. The first-order valence-electron chi connectivity index (χ1n) is 6.76. The fourth-order valence-electron chi connectivity index (χ4n) is 1.90. The Labute approximate surface area is 124 Å². The number of benzene rings is 1. The second-order valence-electron chi connectivity index (χ2n) is 4.60. The fraction of sp³-hybridized carbons (Fsp3) is 0.357. The van der Waals surface area contributed by atoms with Crippen LogP contribution in [0, 0.1) is 6.92 Å². The Hall–Kier alpha value is -2.02. The van der Waals surface area contributed by atoms with Crippen molar-refractivity contribution in [3.63, 3.8) is 0 Å². The average Bonchev–Trinajstić information content (AvgIpc) is 2.88. The highest BCUT2D eigenvalue weighted by Crippen LogP contribution is 2.23. The molecule has 0 amide bonds. The third-order valence-corrected chi connectivity index (χ3v) is 4.36. The van der Waals surface area contributed by atoms with Crippen molar-refractivity contribution in [1.29, 1.82) is 0 Å². The van der Waals surface area contributed by atoms with Crippen LogP contribution >= 0.6 is 0 Å². The van der Waals surface area contributed by atoms with E-state index in [9.17, 15) is 8.42 Å². The maximum absolute atomic E-state index is 12.3. The molecule has 2 rings (SSSR count). The largest absolute Gasteiger partial charge is 0.494 e. The van der Waals surface area contributed by atoms with Gasteiger partial charge in [0, 0.05) is 11.8 Å². The number of anilines is 1. The van der Waals surface area contributed by atoms with Crippen LogP contribution in [0.1, 0.15) is 25.1 Å². The molecule has 0 fully saturated rings. The quantitative estimate of drug-likeness (QED) is 0.858. The van der Waals surface area contributed by atoms with Crippen molar-refractivity contribution < 1.29 is 13.2 Å². The van der Waals surface area contributed by atoms with Crippen LogP contribution in [0.15, 0.2) is 29.2 Å². The SMILES string of the molecule is CCOc1ccc(S(=O)(=O)Nc2cc(CC)[nH]n2)cc1C. The van der Waals surface area contributed by atoms with Crippen molar-refractivity contribution in [2.24, 2.45) is 0 Å². The van der Waals surface area contributed by atoms with E-state index < -0.39 is 10.0 Å². The van der Waals surface area contributed by atoms with Crippen LogP contribution in [0.3, 0.4) is 0 Å². The lowest BCUT2D eigenvalue weighted by Gasteiger charge is -2.10. The van der Waals surface area contributed by atoms with Gasteiger partial charge in [-0.1, -0.05) is 6.92 Å². The van der Waals surface area contributed by atoms with Gasteiger partial charge in [0.25, 0.3) is 10.0 Å². The molecule has 0 saturated carbocycles. The monoisotopic (exact) mass is 309 g/mol. The lowest BCUT2D eigenvalue weighted by Crippen LogP contribution is -2.13. The van der Waals surface area contributed by atoms with E-state index in [0.717, 1.165) is 17.7 Å². The molecule has 7 heteroatoms. The minimum absolute atomic E-state index is 0.185. The van der Waals surface area contributed by atoms with Crippen molar-refractivity contribution in [3.05, 3.63) is 35.5 Å². The molecular formula is C14H19N3O3S. The summed E-state index contributed by atoms with van der Waals surface area (Å²) < 4.78 is 32.5. The molecule has 0 aliphatic carbocycles. The number of hydrogen-bond donors (Lipinski definition) is 2. The maximum atomic E-state index is 12.3. The topological polar surface area (TPSA) is 84.1 Å². The summed E-state index contributed by atoms with van der Waals surface area (Å²) in [5.41, 5.74) is 1.64. The van der Waals surface area contributed by atoms with Crippen molar-refractivity contribution in [1.82, 2.24) is 10.2 Å². The van der Waals surface area contributed by atoms with Crippen LogP contribution < -0.4 is 9.46 Å². The smallest absolute Gasteiger partial charge is 0.263 e. The van der Waals surface area contributed by atoms with Crippen molar-refractivity contribution in [2.75, 3.05) is 11.3 Å². The van der Waals surface area contributed by atoms with Crippen LogP contribution in [0.2, 0.25) is 0 Å². The number of sulfonamides is 1. The fourth-order valence-corrected chi connectivity index (χ4v) is 2.97. The molecule has 0 saturated heterocycles. The zero-order valence-electron chi connectivity index (χ0n) is 12.3. The Morgan fingerprint density at radius 3 is 2.62 bits per heavy atom. The van der Waals surface area contributed by atoms with Crippen molar-refractivity contribution in [2.45, 2.75) is 32.1 Å². The van der Waals surface area contributed by atoms with E-state index >= 15 is 0 Å². The number of nitrogens with one attached hydrogen (secondary N) is 2. The van der Waals surface area contributed by atoms with Crippen LogP contribution in [0.25, 0.3) is 0 Å². The van der Waals surface area contributed by atoms with E-state index in [4.69, 9.17) is 4.74 Å². The summed E-state index contributed by atoms with van der Waals surface area (Å²) in [6.45, 7) is 6.20. The van der Waals surface area contributed by atoms with Gasteiger partial charge in [-0.2, -0.15) is 5.10 Å². The van der Waals surface area contributed by atoms with Gasteiger partial charge in [0.05, 0.1) is 11.5 Å². The van der Waals surface area contributed by atoms with E-state index in [1.54, 1.807) is 18.2 Å². The third-order valence-electron chi connectivity index (χ3n) is 3.01. The molecule has 0 atom stereocenters. The zero-order chi connectivity index (χ0) is 15.5. The van der Waals surface area contributed by atoms with Crippen molar-refractivity contribution >= 4 is 15.8 Å². The molecule has 1 aromatic carbocycles. The molecule has 0 spiro atoms. The molecule has 114 valence electrons. The number of H-pyrrole nitrogens is 1. The van der Waals surface area contributed by atoms with Gasteiger partial charge >= 0.3 is 0 Å². The van der Waals surface area contributed by atoms with Gasteiger partial charge in [0.1, 0.15) is 5.75 Å². The van der Waals surface area contributed by atoms with Gasteiger partial charge < -0.3 is 4.74 Å². The summed E-state index contributed by atoms with van der Waals surface area (Å²) >= 11 is 0. The molecule has 0 aliphatic heterocycles. The molecule has 2 aromatic rings. The minimum Gasteiger partial charge on any atom is -0.494 e. The number of hydrogen-bond acceptors (Lipinski definition) is 4. The Morgan fingerprint density at radius 2 is 2.05 bits per heavy atom. The lowest BCUT2D eigenvalue weighted by atomic mass is 10.2. The number of aromatic nitrogens is 2. The Morgan fingerprint density at radius 1 is 1.29 bits per heavy atom. The van der Waals surface area contributed by atoms with Crippen LogP contribution in [-0.2, 0) is 16.4 Å². The van der Waals surface area contributed by atoms with E-state index in [1.807, 2.05) is 20.8 Å². The first-order valence-corrected chi connectivity index (χ1v) is 8.25. The normalized spacial score (nSPS) is 11.4. The molecule has 1 aromatic heterocycles. The highest BCUT2D eigenvalue weighted by molar-refractivity contribution is 7.92. The molecule has 0 radical (unpaired) electrons. The Bertz CT molecular complexity index is 723. The predicted octanol–water partition coefficient (Wildman–Crippen LogP) is 2.48. The zero-order valence-corrected chi connectivity index (χ0v) is 13.1. The maximum Gasteiger partial charge on any atom is 0.263 e. The molecule has 21 heavy (non-hydrogen) atoms. The van der Waals surface area contributed by atoms with Crippen LogP contribution in [0.4, 0.5) is 5.82 Å². The highest BCUT2D eigenvalue weighted by atomic mass is 32.2. The molecule has 6 nitrogen and oxygen atoms in total. The summed E-state index contributed by atoms with van der Waals surface area (Å²) in [5.74, 6) is 0.975. The van der Waals surface area contributed by atoms with E-state index in [0.29, 0.717) is 18.2 Å². The Kier molecular flexibility index (Phi) is 4.52. The van der Waals surface area contributed by atoms with E-state index in [-0.39, 0.29) is 4.90 Å². The standard InChI is InChI=1S/C14H19N3O3S/c1-4-11-9-14(16-15-11)17-21(18,19)12-6-7-13(20-5-2)10(3)8-12/h6-9H,4-5H2,1-3H3,(H2,15,16,17). The first-order chi connectivity index (χ1) is 9.96. The highest BCUT2D eigenvalue weighted by Gasteiger charge is 2.17. The molecule has 2 N–H and O–H groups in total. The summed E-state index contributed by atoms with van der Waals surface area (Å²) in [5, 5.41) is 6.70. The number of aryl methyl sites for hydroxylation is 2. The second kappa shape index (κ2) is 6.17. The summed E-state index contributed by atoms with van der Waals surface area (Å²) in [6.07, 6.45) is 0.761. The van der Waals surface area contributed by atoms with Gasteiger partial charge in [-0.25, -0.2) is 8.42 Å². The molecule has 0 unspecified atom stereocenters. The van der Waals surface area contributed by atoms with E-state index in [1.165, 1.54) is 6.07 Å². The molecule has 1 heterocycles. The predicted molar refractivity (Wildman–Crippen MR) is 81.1 cm³/mol. The second-order valence-corrected chi connectivity index (χ2v) is 6.28. The van der Waals surface area contributed by atoms with Gasteiger partial charge in [0.15, 0.2) is 5.82 Å². The first kappa shape index (κ1) is 15.4. The van der Waals surface area contributed by atoms with Crippen LogP contribution in [-0.4, -0.2) is 25.2 Å². The van der Waals surface area contributed by atoms with Crippen LogP contribution in [0.5, 0.6) is 5.75 Å². The average molecular weight is 309 g/mol. The number of nitrogens with zero attached hydrogens (tertiary/aromatic N) is 1. The van der Waals surface area contributed by atoms with Gasteiger partial charge in [-0.05, 0) is 44.0 Å².